The van der Waals surface area contributed by atoms with Crippen molar-refractivity contribution in [3.63, 3.8) is 0 Å². The molecule has 0 saturated carbocycles. The molecule has 0 aliphatic carbocycles. The van der Waals surface area contributed by atoms with Crippen molar-refractivity contribution >= 4 is 5.97 Å². The van der Waals surface area contributed by atoms with E-state index >= 15 is 0 Å². The van der Waals surface area contributed by atoms with Crippen LogP contribution in [0.5, 0.6) is 0 Å². The Bertz CT molecular complexity index is 400. The molecule has 0 spiro atoms. The minimum atomic E-state index is -0.802. The maximum Gasteiger partial charge on any atom is 0.304 e. The molecule has 1 heterocycles. The second-order valence-corrected chi connectivity index (χ2v) is 3.68. The SMILES string of the molecule is CN(CCC(=O)O)CCn1ccccc1=O. The number of aliphatic carboxylic acids is 1. The third kappa shape index (κ3) is 4.27. The van der Waals surface area contributed by atoms with Gasteiger partial charge in [-0.15, -0.1) is 0 Å². The zero-order valence-corrected chi connectivity index (χ0v) is 9.30. The normalized spacial score (nSPS) is 10.6. The molecule has 1 aromatic rings. The van der Waals surface area contributed by atoms with Crippen LogP contribution in [0, 0.1) is 0 Å². The van der Waals surface area contributed by atoms with Gasteiger partial charge < -0.3 is 14.6 Å². The lowest BCUT2D eigenvalue weighted by Gasteiger charge is -2.15. The van der Waals surface area contributed by atoms with Gasteiger partial charge >= 0.3 is 5.97 Å². The van der Waals surface area contributed by atoms with Crippen molar-refractivity contribution < 1.29 is 9.90 Å². The summed E-state index contributed by atoms with van der Waals surface area (Å²) in [6.07, 6.45) is 1.85. The molecule has 1 aromatic heterocycles. The molecule has 0 aliphatic rings. The molecular weight excluding hydrogens is 208 g/mol. The largest absolute Gasteiger partial charge is 0.481 e. The number of carbonyl (C=O) groups is 1. The molecule has 1 rings (SSSR count). The van der Waals surface area contributed by atoms with E-state index in [9.17, 15) is 9.59 Å². The predicted octanol–water partition coefficient (Wildman–Crippen LogP) is 0.255. The van der Waals surface area contributed by atoms with Crippen molar-refractivity contribution in [1.29, 1.82) is 0 Å². The lowest BCUT2D eigenvalue weighted by molar-refractivity contribution is -0.137. The summed E-state index contributed by atoms with van der Waals surface area (Å²) >= 11 is 0. The first kappa shape index (κ1) is 12.4. The van der Waals surface area contributed by atoms with Crippen LogP contribution in [-0.2, 0) is 11.3 Å². The van der Waals surface area contributed by atoms with Crippen molar-refractivity contribution in [3.8, 4) is 0 Å². The van der Waals surface area contributed by atoms with Gasteiger partial charge in [0.25, 0.3) is 5.56 Å². The lowest BCUT2D eigenvalue weighted by Crippen LogP contribution is -2.29. The van der Waals surface area contributed by atoms with E-state index in [1.54, 1.807) is 22.9 Å². The number of rotatable bonds is 6. The molecule has 0 aromatic carbocycles. The summed E-state index contributed by atoms with van der Waals surface area (Å²) in [6.45, 7) is 1.74. The van der Waals surface area contributed by atoms with Gasteiger partial charge in [-0.25, -0.2) is 0 Å². The van der Waals surface area contributed by atoms with Crippen LogP contribution in [0.25, 0.3) is 0 Å². The van der Waals surface area contributed by atoms with E-state index in [0.717, 1.165) is 0 Å². The second kappa shape index (κ2) is 6.07. The van der Waals surface area contributed by atoms with Crippen LogP contribution >= 0.6 is 0 Å². The maximum atomic E-state index is 11.3. The van der Waals surface area contributed by atoms with Gasteiger partial charge in [0.05, 0.1) is 6.42 Å². The second-order valence-electron chi connectivity index (χ2n) is 3.68. The van der Waals surface area contributed by atoms with Gasteiger partial charge in [0.15, 0.2) is 0 Å². The van der Waals surface area contributed by atoms with Gasteiger partial charge in [-0.3, -0.25) is 9.59 Å². The molecule has 0 fully saturated rings. The molecule has 0 unspecified atom stereocenters. The molecule has 0 saturated heterocycles. The van der Waals surface area contributed by atoms with Gasteiger partial charge in [-0.2, -0.15) is 0 Å². The molecule has 5 nitrogen and oxygen atoms in total. The van der Waals surface area contributed by atoms with Crippen LogP contribution in [-0.4, -0.2) is 40.7 Å². The number of carboxylic acid groups (broad SMARTS) is 1. The first-order chi connectivity index (χ1) is 7.59. The topological polar surface area (TPSA) is 62.5 Å². The van der Waals surface area contributed by atoms with E-state index in [1.165, 1.54) is 6.07 Å². The highest BCUT2D eigenvalue weighted by Gasteiger charge is 2.02. The van der Waals surface area contributed by atoms with Crippen molar-refractivity contribution in [2.75, 3.05) is 20.1 Å². The first-order valence-corrected chi connectivity index (χ1v) is 5.15. The minimum absolute atomic E-state index is 0.0332. The summed E-state index contributed by atoms with van der Waals surface area (Å²) < 4.78 is 1.61. The van der Waals surface area contributed by atoms with E-state index in [0.29, 0.717) is 19.6 Å². The van der Waals surface area contributed by atoms with Crippen molar-refractivity contribution in [1.82, 2.24) is 9.47 Å². The number of likely N-dealkylation sites (N-methyl/N-ethyl adjacent to an activating group) is 1. The molecule has 0 radical (unpaired) electrons. The average Bonchev–Trinajstić information content (AvgIpc) is 2.25. The average molecular weight is 224 g/mol. The molecule has 88 valence electrons. The van der Waals surface area contributed by atoms with E-state index in [2.05, 4.69) is 0 Å². The molecule has 0 amide bonds. The Balaban J connectivity index is 2.37. The van der Waals surface area contributed by atoms with Crippen LogP contribution in [0.15, 0.2) is 29.2 Å². The fraction of sp³-hybridized carbons (Fsp3) is 0.455. The molecular formula is C11H16N2O3. The van der Waals surface area contributed by atoms with Gasteiger partial charge in [0, 0.05) is 31.9 Å². The monoisotopic (exact) mass is 224 g/mol. The highest BCUT2D eigenvalue weighted by atomic mass is 16.4. The van der Waals surface area contributed by atoms with E-state index in [-0.39, 0.29) is 12.0 Å². The van der Waals surface area contributed by atoms with Gasteiger partial charge in [-0.1, -0.05) is 6.07 Å². The Kier molecular flexibility index (Phi) is 4.72. The summed E-state index contributed by atoms with van der Waals surface area (Å²) in [4.78, 5) is 23.6. The molecule has 0 aliphatic heterocycles. The van der Waals surface area contributed by atoms with E-state index in [1.807, 2.05) is 11.9 Å². The number of hydrogen-bond acceptors (Lipinski definition) is 3. The summed E-state index contributed by atoms with van der Waals surface area (Å²) in [5, 5.41) is 8.51. The Morgan fingerprint density at radius 2 is 2.19 bits per heavy atom. The Hall–Kier alpha value is -1.62. The Morgan fingerprint density at radius 3 is 2.81 bits per heavy atom. The third-order valence-corrected chi connectivity index (χ3v) is 2.33. The summed E-state index contributed by atoms with van der Waals surface area (Å²) in [5.41, 5.74) is -0.0332. The van der Waals surface area contributed by atoms with E-state index < -0.39 is 5.97 Å². The highest BCUT2D eigenvalue weighted by molar-refractivity contribution is 5.66. The highest BCUT2D eigenvalue weighted by Crippen LogP contribution is 1.90. The standard InChI is InChI=1S/C11H16N2O3/c1-12(7-5-11(15)16)8-9-13-6-3-2-4-10(13)14/h2-4,6H,5,7-9H2,1H3,(H,15,16). The predicted molar refractivity (Wildman–Crippen MR) is 60.5 cm³/mol. The minimum Gasteiger partial charge on any atom is -0.481 e. The van der Waals surface area contributed by atoms with Crippen LogP contribution in [0.1, 0.15) is 6.42 Å². The van der Waals surface area contributed by atoms with Crippen molar-refractivity contribution in [2.45, 2.75) is 13.0 Å². The number of nitrogens with zero attached hydrogens (tertiary/aromatic N) is 2. The molecule has 0 bridgehead atoms. The van der Waals surface area contributed by atoms with Crippen LogP contribution in [0.3, 0.4) is 0 Å². The quantitative estimate of drug-likeness (QED) is 0.752. The van der Waals surface area contributed by atoms with Gasteiger partial charge in [-0.05, 0) is 13.1 Å². The van der Waals surface area contributed by atoms with Crippen LogP contribution < -0.4 is 5.56 Å². The van der Waals surface area contributed by atoms with Crippen LogP contribution in [0.2, 0.25) is 0 Å². The summed E-state index contributed by atoms with van der Waals surface area (Å²) in [6, 6.07) is 5.02. The maximum absolute atomic E-state index is 11.3. The van der Waals surface area contributed by atoms with Crippen molar-refractivity contribution in [3.05, 3.63) is 34.7 Å². The molecule has 0 atom stereocenters. The third-order valence-electron chi connectivity index (χ3n) is 2.33. The van der Waals surface area contributed by atoms with Gasteiger partial charge in [0.2, 0.25) is 0 Å². The number of pyridine rings is 1. The Morgan fingerprint density at radius 1 is 1.44 bits per heavy atom. The van der Waals surface area contributed by atoms with Crippen molar-refractivity contribution in [2.24, 2.45) is 0 Å². The zero-order valence-electron chi connectivity index (χ0n) is 9.30. The molecule has 1 N–H and O–H groups in total. The Labute approximate surface area is 93.9 Å². The fourth-order valence-electron chi connectivity index (χ4n) is 1.32. The van der Waals surface area contributed by atoms with Crippen LogP contribution in [0.4, 0.5) is 0 Å². The fourth-order valence-corrected chi connectivity index (χ4v) is 1.32. The summed E-state index contributed by atoms with van der Waals surface area (Å²) in [5.74, 6) is -0.802. The molecule has 5 heteroatoms. The first-order valence-electron chi connectivity index (χ1n) is 5.15. The number of hydrogen-bond donors (Lipinski definition) is 1. The molecule has 16 heavy (non-hydrogen) atoms. The van der Waals surface area contributed by atoms with Gasteiger partial charge in [0.1, 0.15) is 0 Å². The number of carboxylic acids is 1. The van der Waals surface area contributed by atoms with E-state index in [4.69, 9.17) is 5.11 Å². The lowest BCUT2D eigenvalue weighted by atomic mass is 10.4. The smallest absolute Gasteiger partial charge is 0.304 e. The summed E-state index contributed by atoms with van der Waals surface area (Å²) in [7, 11) is 1.84. The number of aromatic nitrogens is 1. The zero-order chi connectivity index (χ0) is 12.0.